The first-order chi connectivity index (χ1) is 16.8. The van der Waals surface area contributed by atoms with Crippen molar-refractivity contribution in [3.05, 3.63) is 109 Å². The van der Waals surface area contributed by atoms with Crippen molar-refractivity contribution in [2.45, 2.75) is 31.4 Å². The van der Waals surface area contributed by atoms with Gasteiger partial charge in [-0.2, -0.15) is 0 Å². The van der Waals surface area contributed by atoms with Gasteiger partial charge in [0.1, 0.15) is 22.5 Å². The molecule has 2 N–H and O–H groups in total. The van der Waals surface area contributed by atoms with Crippen LogP contribution in [0, 0.1) is 0 Å². The van der Waals surface area contributed by atoms with Crippen molar-refractivity contribution in [3.8, 4) is 11.5 Å². The summed E-state index contributed by atoms with van der Waals surface area (Å²) in [5.41, 5.74) is 1.57. The molecule has 1 aliphatic heterocycles. The van der Waals surface area contributed by atoms with Crippen molar-refractivity contribution in [2.75, 3.05) is 10.0 Å². The molecule has 174 valence electrons. The molecule has 0 amide bonds. The minimum Gasteiger partial charge on any atom is -0.462 e. The average molecular weight is 474 g/mol. The fraction of sp³-hybridized carbons (Fsp3) is 0.148. The van der Waals surface area contributed by atoms with E-state index in [1.807, 2.05) is 86.7 Å². The molecule has 7 heteroatoms. The number of benzene rings is 2. The molecular weight excluding hydrogens is 446 g/mol. The zero-order chi connectivity index (χ0) is 23.8. The fourth-order valence-electron chi connectivity index (χ4n) is 3.39. The summed E-state index contributed by atoms with van der Waals surface area (Å²) in [5.74, 6) is 2.83. The monoisotopic (exact) mass is 473 g/mol. The SMILES string of the molecule is CC.O=S(Nc1ccccc1C1Nc2ncccc2O1)c1ccc(OC2=CC=CCC=C2)cc1. The number of aromatic nitrogens is 1. The zero-order valence-electron chi connectivity index (χ0n) is 19.1. The number of hydrogen-bond donors (Lipinski definition) is 2. The Hall–Kier alpha value is -3.84. The molecule has 6 nitrogen and oxygen atoms in total. The first kappa shape index (κ1) is 23.3. The lowest BCUT2D eigenvalue weighted by Crippen LogP contribution is -2.14. The van der Waals surface area contributed by atoms with Crippen LogP contribution in [0.5, 0.6) is 11.5 Å². The highest BCUT2D eigenvalue weighted by molar-refractivity contribution is 7.86. The molecule has 2 heterocycles. The molecule has 1 aromatic heterocycles. The van der Waals surface area contributed by atoms with Gasteiger partial charge in [0.25, 0.3) is 0 Å². The summed E-state index contributed by atoms with van der Waals surface area (Å²) in [5, 5.41) is 3.25. The summed E-state index contributed by atoms with van der Waals surface area (Å²) < 4.78 is 28.0. The quantitative estimate of drug-likeness (QED) is 0.426. The van der Waals surface area contributed by atoms with Gasteiger partial charge in [-0.15, -0.1) is 0 Å². The molecule has 34 heavy (non-hydrogen) atoms. The van der Waals surface area contributed by atoms with Crippen molar-refractivity contribution in [3.63, 3.8) is 0 Å². The van der Waals surface area contributed by atoms with E-state index in [0.717, 1.165) is 23.4 Å². The Kier molecular flexibility index (Phi) is 7.78. The molecule has 0 spiro atoms. The second-order valence-electron chi connectivity index (χ2n) is 7.16. The number of anilines is 2. The van der Waals surface area contributed by atoms with Gasteiger partial charge >= 0.3 is 0 Å². The van der Waals surface area contributed by atoms with Crippen LogP contribution in [-0.4, -0.2) is 9.19 Å². The number of fused-ring (bicyclic) bond motifs is 1. The highest BCUT2D eigenvalue weighted by Gasteiger charge is 2.26. The molecule has 2 atom stereocenters. The number of allylic oxidation sites excluding steroid dienone is 5. The van der Waals surface area contributed by atoms with Gasteiger partial charge < -0.3 is 19.5 Å². The molecule has 0 bridgehead atoms. The van der Waals surface area contributed by atoms with Crippen LogP contribution in [0.4, 0.5) is 11.5 Å². The molecule has 2 aromatic carbocycles. The number of nitrogens with zero attached hydrogens (tertiary/aromatic N) is 1. The fourth-order valence-corrected chi connectivity index (χ4v) is 4.28. The Morgan fingerprint density at radius 1 is 1.06 bits per heavy atom. The van der Waals surface area contributed by atoms with E-state index in [9.17, 15) is 4.21 Å². The summed E-state index contributed by atoms with van der Waals surface area (Å²) in [6.07, 6.45) is 12.1. The maximum absolute atomic E-state index is 13.0. The smallest absolute Gasteiger partial charge is 0.199 e. The predicted octanol–water partition coefficient (Wildman–Crippen LogP) is 6.52. The highest BCUT2D eigenvalue weighted by atomic mass is 32.2. The summed E-state index contributed by atoms with van der Waals surface area (Å²) in [6, 6.07) is 18.5. The van der Waals surface area contributed by atoms with Crippen LogP contribution in [0.3, 0.4) is 0 Å². The lowest BCUT2D eigenvalue weighted by atomic mass is 10.1. The number of hydrogen-bond acceptors (Lipinski definition) is 5. The normalized spacial score (nSPS) is 16.5. The molecular formula is C27H27N3O3S. The van der Waals surface area contributed by atoms with Crippen molar-refractivity contribution in [1.82, 2.24) is 4.98 Å². The van der Waals surface area contributed by atoms with E-state index in [1.165, 1.54) is 0 Å². The molecule has 1 aliphatic carbocycles. The van der Waals surface area contributed by atoms with Gasteiger partial charge in [-0.1, -0.05) is 50.3 Å². The van der Waals surface area contributed by atoms with Gasteiger partial charge in [0, 0.05) is 11.8 Å². The van der Waals surface area contributed by atoms with E-state index >= 15 is 0 Å². The van der Waals surface area contributed by atoms with E-state index < -0.39 is 17.2 Å². The Balaban J connectivity index is 0.00000133. The van der Waals surface area contributed by atoms with E-state index in [1.54, 1.807) is 18.3 Å². The van der Waals surface area contributed by atoms with Gasteiger partial charge in [0.15, 0.2) is 17.8 Å². The molecule has 3 aromatic rings. The van der Waals surface area contributed by atoms with E-state index in [-0.39, 0.29) is 0 Å². The largest absolute Gasteiger partial charge is 0.462 e. The maximum Gasteiger partial charge on any atom is 0.199 e. The first-order valence-corrected chi connectivity index (χ1v) is 12.4. The average Bonchev–Trinajstić information content (AvgIpc) is 3.15. The van der Waals surface area contributed by atoms with Crippen molar-refractivity contribution < 1.29 is 13.7 Å². The third-order valence-electron chi connectivity index (χ3n) is 4.95. The molecule has 0 saturated heterocycles. The summed E-state index contributed by atoms with van der Waals surface area (Å²) in [4.78, 5) is 4.93. The predicted molar refractivity (Wildman–Crippen MR) is 137 cm³/mol. The Morgan fingerprint density at radius 3 is 2.71 bits per heavy atom. The highest BCUT2D eigenvalue weighted by Crippen LogP contribution is 2.38. The molecule has 0 saturated carbocycles. The van der Waals surface area contributed by atoms with Crippen LogP contribution in [0.1, 0.15) is 32.1 Å². The third kappa shape index (κ3) is 5.55. The Bertz CT molecular complexity index is 1210. The van der Waals surface area contributed by atoms with Gasteiger partial charge in [0.05, 0.1) is 10.6 Å². The second kappa shape index (κ2) is 11.3. The number of rotatable bonds is 6. The number of nitrogens with one attached hydrogen (secondary N) is 2. The summed E-state index contributed by atoms with van der Waals surface area (Å²) >= 11 is 0. The minimum absolute atomic E-state index is 0.411. The summed E-state index contributed by atoms with van der Waals surface area (Å²) in [6.45, 7) is 4.00. The molecule has 0 fully saturated rings. The van der Waals surface area contributed by atoms with Gasteiger partial charge in [-0.25, -0.2) is 9.19 Å². The molecule has 2 unspecified atom stereocenters. The molecule has 5 rings (SSSR count). The van der Waals surface area contributed by atoms with Crippen LogP contribution in [0.25, 0.3) is 0 Å². The zero-order valence-corrected chi connectivity index (χ0v) is 19.9. The minimum atomic E-state index is -1.46. The van der Waals surface area contributed by atoms with Crippen molar-refractivity contribution in [1.29, 1.82) is 0 Å². The van der Waals surface area contributed by atoms with Crippen LogP contribution in [-0.2, 0) is 11.0 Å². The maximum atomic E-state index is 13.0. The van der Waals surface area contributed by atoms with E-state index in [2.05, 4.69) is 21.1 Å². The van der Waals surface area contributed by atoms with Crippen molar-refractivity contribution in [2.24, 2.45) is 0 Å². The second-order valence-corrected chi connectivity index (χ2v) is 8.37. The Labute approximate surface area is 202 Å². The summed E-state index contributed by atoms with van der Waals surface area (Å²) in [7, 11) is -1.46. The number of ether oxygens (including phenoxy) is 2. The van der Waals surface area contributed by atoms with Crippen LogP contribution >= 0.6 is 0 Å². The van der Waals surface area contributed by atoms with Gasteiger partial charge in [0.2, 0.25) is 0 Å². The van der Waals surface area contributed by atoms with Gasteiger partial charge in [-0.05, 0) is 61.0 Å². The van der Waals surface area contributed by atoms with Crippen molar-refractivity contribution >= 4 is 22.5 Å². The Morgan fingerprint density at radius 2 is 1.88 bits per heavy atom. The third-order valence-corrected chi connectivity index (χ3v) is 6.06. The van der Waals surface area contributed by atoms with Crippen LogP contribution in [0.2, 0.25) is 0 Å². The molecule has 0 radical (unpaired) electrons. The van der Waals surface area contributed by atoms with E-state index in [4.69, 9.17) is 9.47 Å². The topological polar surface area (TPSA) is 72.5 Å². The lowest BCUT2D eigenvalue weighted by molar-refractivity contribution is 0.260. The number of para-hydroxylation sites is 1. The first-order valence-electron chi connectivity index (χ1n) is 11.2. The van der Waals surface area contributed by atoms with Crippen LogP contribution < -0.4 is 19.5 Å². The number of pyridine rings is 1. The lowest BCUT2D eigenvalue weighted by Gasteiger charge is -2.17. The van der Waals surface area contributed by atoms with E-state index in [0.29, 0.717) is 22.2 Å². The standard InChI is InChI=1S/C25H21N3O3S.C2H6/c29-32(20-15-13-19(14-16-20)30-18-8-3-1-2-4-9-18)28-22-11-6-5-10-21(22)25-27-24-23(31-25)12-7-17-26-24;1-2/h1,3-17,25,28H,2H2,(H,26,27);1-2H3. The van der Waals surface area contributed by atoms with Gasteiger partial charge in [-0.3, -0.25) is 0 Å². The van der Waals surface area contributed by atoms with Crippen LogP contribution in [0.15, 0.2) is 108 Å². The molecule has 2 aliphatic rings.